The van der Waals surface area contributed by atoms with Gasteiger partial charge in [-0.05, 0) is 48.0 Å². The molecule has 140 valence electrons. The van der Waals surface area contributed by atoms with E-state index in [9.17, 15) is 18.0 Å². The second-order valence-corrected chi connectivity index (χ2v) is 6.01. The van der Waals surface area contributed by atoms with Crippen molar-refractivity contribution in [3.8, 4) is 5.69 Å². The van der Waals surface area contributed by atoms with Crippen molar-refractivity contribution in [3.05, 3.63) is 71.4 Å². The van der Waals surface area contributed by atoms with Gasteiger partial charge in [0.1, 0.15) is 0 Å². The molecular weight excluding hydrogens is 357 g/mol. The van der Waals surface area contributed by atoms with Gasteiger partial charge in [0, 0.05) is 36.0 Å². The number of carbonyl (C=O) groups is 1. The van der Waals surface area contributed by atoms with E-state index in [1.165, 1.54) is 18.2 Å². The highest BCUT2D eigenvalue weighted by Crippen LogP contribution is 2.31. The quantitative estimate of drug-likeness (QED) is 0.677. The van der Waals surface area contributed by atoms with E-state index >= 15 is 0 Å². The van der Waals surface area contributed by atoms with Crippen LogP contribution in [0.25, 0.3) is 22.7 Å². The summed E-state index contributed by atoms with van der Waals surface area (Å²) in [5, 5.41) is 0.878. The fourth-order valence-electron chi connectivity index (χ4n) is 2.89. The number of fused-ring (bicyclic) bond motifs is 1. The summed E-state index contributed by atoms with van der Waals surface area (Å²) in [5.74, 6) is -0.547. The summed E-state index contributed by atoms with van der Waals surface area (Å²) in [6.45, 7) is 0.340. The number of methoxy groups -OCH3 is 1. The van der Waals surface area contributed by atoms with Crippen LogP contribution in [0.4, 0.5) is 13.2 Å². The minimum Gasteiger partial charge on any atom is -0.380 e. The van der Waals surface area contributed by atoms with Crippen LogP contribution in [0.5, 0.6) is 0 Å². The highest BCUT2D eigenvalue weighted by Gasteiger charge is 2.30. The van der Waals surface area contributed by atoms with Gasteiger partial charge in [-0.15, -0.1) is 0 Å². The molecule has 1 amide bonds. The van der Waals surface area contributed by atoms with Gasteiger partial charge in [0.15, 0.2) is 0 Å². The number of rotatable bonds is 5. The molecule has 0 saturated carbocycles. The molecule has 0 bridgehead atoms. The number of nitrogens with zero attached hydrogens (tertiary/aromatic N) is 1. The Morgan fingerprint density at radius 2 is 1.89 bits per heavy atom. The molecule has 27 heavy (non-hydrogen) atoms. The first kappa shape index (κ1) is 18.7. The van der Waals surface area contributed by atoms with Crippen LogP contribution in [0.3, 0.4) is 0 Å². The lowest BCUT2D eigenvalue weighted by Gasteiger charge is -2.09. The summed E-state index contributed by atoms with van der Waals surface area (Å²) in [6.07, 6.45) is 0.330. The molecular formula is C20H17F3N2O2. The molecule has 0 unspecified atom stereocenters. The van der Waals surface area contributed by atoms with Crippen molar-refractivity contribution in [2.24, 2.45) is 5.73 Å². The van der Waals surface area contributed by atoms with E-state index in [2.05, 4.69) is 0 Å². The number of halogens is 3. The van der Waals surface area contributed by atoms with Crippen LogP contribution < -0.4 is 5.73 Å². The van der Waals surface area contributed by atoms with Crippen LogP contribution in [0.1, 0.15) is 16.7 Å². The molecule has 1 heterocycles. The van der Waals surface area contributed by atoms with Gasteiger partial charge >= 0.3 is 6.18 Å². The molecule has 7 heteroatoms. The molecule has 1 aromatic heterocycles. The summed E-state index contributed by atoms with van der Waals surface area (Å²) in [6, 6.07) is 10.5. The zero-order valence-electron chi connectivity index (χ0n) is 14.5. The topological polar surface area (TPSA) is 57.2 Å². The van der Waals surface area contributed by atoms with Crippen LogP contribution in [0.15, 0.2) is 54.7 Å². The van der Waals surface area contributed by atoms with Gasteiger partial charge in [-0.3, -0.25) is 4.79 Å². The Kier molecular flexibility index (Phi) is 5.05. The van der Waals surface area contributed by atoms with Crippen LogP contribution in [-0.4, -0.2) is 17.6 Å². The summed E-state index contributed by atoms with van der Waals surface area (Å²) in [4.78, 5) is 10.9. The van der Waals surface area contributed by atoms with E-state index in [1.807, 2.05) is 22.9 Å². The molecule has 0 atom stereocenters. The minimum absolute atomic E-state index is 0.340. The molecule has 2 N–H and O–H groups in total. The first-order chi connectivity index (χ1) is 12.8. The van der Waals surface area contributed by atoms with E-state index in [0.717, 1.165) is 34.2 Å². The van der Waals surface area contributed by atoms with Crippen molar-refractivity contribution in [3.63, 3.8) is 0 Å². The number of alkyl halides is 3. The number of ether oxygens (including phenoxy) is 1. The summed E-state index contributed by atoms with van der Waals surface area (Å²) in [7, 11) is 1.57. The fraction of sp³-hybridized carbons (Fsp3) is 0.150. The van der Waals surface area contributed by atoms with Gasteiger partial charge in [-0.1, -0.05) is 6.07 Å². The summed E-state index contributed by atoms with van der Waals surface area (Å²) >= 11 is 0. The molecule has 3 rings (SSSR count). The normalized spacial score (nSPS) is 12.1. The zero-order chi connectivity index (χ0) is 19.6. The number of amides is 1. The first-order valence-corrected chi connectivity index (χ1v) is 8.07. The predicted molar refractivity (Wildman–Crippen MR) is 97.2 cm³/mol. The van der Waals surface area contributed by atoms with Crippen LogP contribution in [0, 0.1) is 0 Å². The van der Waals surface area contributed by atoms with Crippen molar-refractivity contribution < 1.29 is 22.7 Å². The third kappa shape index (κ3) is 4.03. The van der Waals surface area contributed by atoms with Crippen molar-refractivity contribution in [2.75, 3.05) is 7.11 Å². The second-order valence-electron chi connectivity index (χ2n) is 6.01. The lowest BCUT2D eigenvalue weighted by atomic mass is 10.1. The van der Waals surface area contributed by atoms with E-state index in [1.54, 1.807) is 19.3 Å². The molecule has 0 radical (unpaired) electrons. The smallest absolute Gasteiger partial charge is 0.380 e. The van der Waals surface area contributed by atoms with Crippen molar-refractivity contribution in [2.45, 2.75) is 12.8 Å². The van der Waals surface area contributed by atoms with Gasteiger partial charge in [0.2, 0.25) is 5.91 Å². The summed E-state index contributed by atoms with van der Waals surface area (Å²) in [5.41, 5.74) is 7.51. The predicted octanol–water partition coefficient (Wildman–Crippen LogP) is 4.29. The fourth-order valence-corrected chi connectivity index (χ4v) is 2.89. The second kappa shape index (κ2) is 7.28. The third-order valence-electron chi connectivity index (χ3n) is 4.12. The van der Waals surface area contributed by atoms with Crippen LogP contribution >= 0.6 is 0 Å². The maximum Gasteiger partial charge on any atom is 0.416 e. The Balaban J connectivity index is 2.09. The largest absolute Gasteiger partial charge is 0.416 e. The van der Waals surface area contributed by atoms with Gasteiger partial charge in [-0.2, -0.15) is 13.2 Å². The molecule has 0 aliphatic rings. The number of carbonyl (C=O) groups excluding carboxylic acids is 1. The third-order valence-corrected chi connectivity index (χ3v) is 4.12. The first-order valence-electron chi connectivity index (χ1n) is 8.07. The average molecular weight is 374 g/mol. The van der Waals surface area contributed by atoms with Gasteiger partial charge in [0.25, 0.3) is 0 Å². The SMILES string of the molecule is COCc1cn(-c2ccc(C(F)(F)F)cc2)c2ccc(C=CC(N)=O)cc12. The molecule has 4 nitrogen and oxygen atoms in total. The van der Waals surface area contributed by atoms with E-state index in [-0.39, 0.29) is 0 Å². The minimum atomic E-state index is -4.37. The Morgan fingerprint density at radius 3 is 2.48 bits per heavy atom. The van der Waals surface area contributed by atoms with E-state index < -0.39 is 17.6 Å². The Bertz CT molecular complexity index is 1000. The highest BCUT2D eigenvalue weighted by molar-refractivity contribution is 5.92. The van der Waals surface area contributed by atoms with E-state index in [0.29, 0.717) is 12.3 Å². The molecule has 3 aromatic rings. The van der Waals surface area contributed by atoms with Gasteiger partial charge < -0.3 is 15.0 Å². The van der Waals surface area contributed by atoms with Crippen molar-refractivity contribution in [1.29, 1.82) is 0 Å². The molecule has 0 aliphatic heterocycles. The van der Waals surface area contributed by atoms with Crippen LogP contribution in [-0.2, 0) is 22.3 Å². The lowest BCUT2D eigenvalue weighted by Crippen LogP contribution is -2.05. The molecule has 0 saturated heterocycles. The number of benzene rings is 2. The van der Waals surface area contributed by atoms with Gasteiger partial charge in [0.05, 0.1) is 17.7 Å². The number of hydrogen-bond acceptors (Lipinski definition) is 2. The standard InChI is InChI=1S/C20H17F3N2O2/c1-27-12-14-11-25(16-6-4-15(5-7-16)20(21,22)23)18-8-2-13(10-17(14)18)3-9-19(24)26/h2-11H,12H2,1H3,(H2,24,26). The molecule has 0 fully saturated rings. The number of hydrogen-bond donors (Lipinski definition) is 1. The monoisotopic (exact) mass is 374 g/mol. The van der Waals surface area contributed by atoms with E-state index in [4.69, 9.17) is 10.5 Å². The van der Waals surface area contributed by atoms with Crippen LogP contribution in [0.2, 0.25) is 0 Å². The lowest BCUT2D eigenvalue weighted by molar-refractivity contribution is -0.137. The van der Waals surface area contributed by atoms with Gasteiger partial charge in [-0.25, -0.2) is 0 Å². The average Bonchev–Trinajstić information content (AvgIpc) is 2.98. The number of nitrogens with two attached hydrogens (primary N) is 1. The molecule has 0 spiro atoms. The Hall–Kier alpha value is -3.06. The Labute approximate surface area is 153 Å². The molecule has 2 aromatic carbocycles. The van der Waals surface area contributed by atoms with Crippen molar-refractivity contribution >= 4 is 22.9 Å². The maximum atomic E-state index is 12.8. The zero-order valence-corrected chi connectivity index (χ0v) is 14.5. The Morgan fingerprint density at radius 1 is 1.19 bits per heavy atom. The molecule has 0 aliphatic carbocycles. The number of aromatic nitrogens is 1. The summed E-state index contributed by atoms with van der Waals surface area (Å²) < 4.78 is 45.4. The highest BCUT2D eigenvalue weighted by atomic mass is 19.4. The van der Waals surface area contributed by atoms with Crippen molar-refractivity contribution in [1.82, 2.24) is 4.57 Å². The maximum absolute atomic E-state index is 12.8. The number of primary amides is 1.